The number of benzene rings is 1. The largest absolute Gasteiger partial charge is 1.00 e. The molecule has 1 aliphatic heterocycles. The van der Waals surface area contributed by atoms with Crippen molar-refractivity contribution >= 4 is 27.6 Å². The van der Waals surface area contributed by atoms with Gasteiger partial charge in [0.2, 0.25) is 0 Å². The SMILES string of the molecule is Cn1cc(N(C2CCCOC2)S(=O)(=O)[N-]C(=O)Nc2c3c(cc4c2CCC4)CCC3)cn1.[Na+]. The Hall–Kier alpha value is -1.59. The Balaban J connectivity index is 0.00000259. The number of aromatic nitrogens is 2. The first-order chi connectivity index (χ1) is 15.4. The minimum atomic E-state index is -4.30. The zero-order valence-corrected chi connectivity index (χ0v) is 22.0. The molecule has 0 radical (unpaired) electrons. The van der Waals surface area contributed by atoms with E-state index in [0.29, 0.717) is 18.7 Å². The van der Waals surface area contributed by atoms with Crippen molar-refractivity contribution in [3.63, 3.8) is 0 Å². The molecule has 5 rings (SSSR count). The van der Waals surface area contributed by atoms with Gasteiger partial charge in [-0.3, -0.25) is 13.8 Å². The first kappa shape index (κ1) is 24.5. The van der Waals surface area contributed by atoms with Gasteiger partial charge in [-0.1, -0.05) is 6.07 Å². The first-order valence-corrected chi connectivity index (χ1v) is 12.6. The maximum absolute atomic E-state index is 13.3. The molecule has 2 aliphatic carbocycles. The molecule has 1 fully saturated rings. The Morgan fingerprint density at radius 2 is 1.88 bits per heavy atom. The van der Waals surface area contributed by atoms with Crippen LogP contribution < -0.4 is 39.2 Å². The molecular formula is C22H28N5NaO4S. The van der Waals surface area contributed by atoms with Crippen molar-refractivity contribution in [3.05, 3.63) is 45.4 Å². The molecule has 1 N–H and O–H groups in total. The number of carbonyl (C=O) groups is 1. The molecule has 3 aliphatic rings. The van der Waals surface area contributed by atoms with Crippen LogP contribution in [0, 0.1) is 0 Å². The summed E-state index contributed by atoms with van der Waals surface area (Å²) < 4.78 is 38.5. The molecule has 33 heavy (non-hydrogen) atoms. The average molecular weight is 482 g/mol. The molecule has 0 bridgehead atoms. The zero-order chi connectivity index (χ0) is 22.3. The first-order valence-electron chi connectivity index (χ1n) is 11.2. The van der Waals surface area contributed by atoms with Crippen LogP contribution in [0.15, 0.2) is 18.5 Å². The predicted molar refractivity (Wildman–Crippen MR) is 121 cm³/mol. The molecule has 1 atom stereocenters. The minimum absolute atomic E-state index is 0. The molecular weight excluding hydrogens is 453 g/mol. The van der Waals surface area contributed by atoms with Crippen LogP contribution in [0.4, 0.5) is 16.2 Å². The van der Waals surface area contributed by atoms with Crippen molar-refractivity contribution in [2.75, 3.05) is 22.8 Å². The topological polar surface area (TPSA) is 108 Å². The minimum Gasteiger partial charge on any atom is -0.423 e. The molecule has 2 heterocycles. The molecule has 9 nitrogen and oxygen atoms in total. The van der Waals surface area contributed by atoms with E-state index < -0.39 is 22.3 Å². The fraction of sp³-hybridized carbons (Fsp3) is 0.545. The van der Waals surface area contributed by atoms with Gasteiger partial charge in [0.1, 0.15) is 0 Å². The van der Waals surface area contributed by atoms with Gasteiger partial charge in [0.05, 0.1) is 24.5 Å². The number of ether oxygens (including phenoxy) is 1. The van der Waals surface area contributed by atoms with E-state index in [0.717, 1.165) is 61.8 Å². The van der Waals surface area contributed by atoms with Crippen LogP contribution in [0.25, 0.3) is 4.72 Å². The van der Waals surface area contributed by atoms with Crippen molar-refractivity contribution < 1.29 is 47.5 Å². The van der Waals surface area contributed by atoms with Crippen molar-refractivity contribution in [1.82, 2.24) is 9.78 Å². The summed E-state index contributed by atoms with van der Waals surface area (Å²) in [6.45, 7) is 0.851. The maximum Gasteiger partial charge on any atom is 1.00 e. The van der Waals surface area contributed by atoms with Gasteiger partial charge in [0.25, 0.3) is 10.2 Å². The number of anilines is 2. The van der Waals surface area contributed by atoms with Gasteiger partial charge in [0, 0.05) is 19.9 Å². The maximum atomic E-state index is 13.3. The number of nitrogens with zero attached hydrogens (tertiary/aromatic N) is 4. The van der Waals surface area contributed by atoms with Crippen LogP contribution in [-0.2, 0) is 47.7 Å². The summed E-state index contributed by atoms with van der Waals surface area (Å²) in [6.07, 6.45) is 10.3. The number of urea groups is 1. The number of carbonyl (C=O) groups excluding carboxylic acids is 1. The third kappa shape index (κ3) is 4.95. The van der Waals surface area contributed by atoms with Crippen molar-refractivity contribution in [1.29, 1.82) is 0 Å². The van der Waals surface area contributed by atoms with Crippen molar-refractivity contribution in [3.8, 4) is 0 Å². The van der Waals surface area contributed by atoms with Gasteiger partial charge in [0.15, 0.2) is 6.03 Å². The van der Waals surface area contributed by atoms with Gasteiger partial charge in [-0.15, -0.1) is 0 Å². The molecule has 0 spiro atoms. The van der Waals surface area contributed by atoms with Gasteiger partial charge in [-0.2, -0.15) is 5.10 Å². The summed E-state index contributed by atoms with van der Waals surface area (Å²) in [4.78, 5) is 12.9. The van der Waals surface area contributed by atoms with E-state index in [1.807, 2.05) is 0 Å². The Bertz CT molecular complexity index is 1110. The van der Waals surface area contributed by atoms with E-state index in [4.69, 9.17) is 4.74 Å². The monoisotopic (exact) mass is 481 g/mol. The van der Waals surface area contributed by atoms with Crippen LogP contribution in [0.1, 0.15) is 47.9 Å². The summed E-state index contributed by atoms with van der Waals surface area (Å²) in [5.74, 6) is 0. The Morgan fingerprint density at radius 3 is 2.45 bits per heavy atom. The number of nitrogens with one attached hydrogen (secondary N) is 1. The number of fused-ring (bicyclic) bond motifs is 2. The quantitative estimate of drug-likeness (QED) is 0.616. The summed E-state index contributed by atoms with van der Waals surface area (Å²) in [5, 5.41) is 6.95. The van der Waals surface area contributed by atoms with Gasteiger partial charge >= 0.3 is 29.6 Å². The fourth-order valence-electron chi connectivity index (χ4n) is 5.21. The van der Waals surface area contributed by atoms with E-state index in [1.165, 1.54) is 26.3 Å². The van der Waals surface area contributed by atoms with Crippen molar-refractivity contribution in [2.24, 2.45) is 7.05 Å². The second-order valence-electron chi connectivity index (χ2n) is 8.77. The molecule has 2 amide bonds. The summed E-state index contributed by atoms with van der Waals surface area (Å²) in [7, 11) is -2.58. The Kier molecular flexibility index (Phi) is 7.40. The second kappa shape index (κ2) is 9.95. The Labute approximate surface area is 216 Å². The summed E-state index contributed by atoms with van der Waals surface area (Å²) >= 11 is 0. The van der Waals surface area contributed by atoms with Crippen LogP contribution in [0.5, 0.6) is 0 Å². The smallest absolute Gasteiger partial charge is 0.423 e. The second-order valence-corrected chi connectivity index (χ2v) is 10.2. The summed E-state index contributed by atoms with van der Waals surface area (Å²) in [6, 6.07) is 0.978. The normalized spacial score (nSPS) is 19.4. The number of rotatable bonds is 5. The van der Waals surface area contributed by atoms with E-state index in [2.05, 4.69) is 21.2 Å². The zero-order valence-electron chi connectivity index (χ0n) is 19.2. The molecule has 2 aromatic rings. The van der Waals surface area contributed by atoms with Gasteiger partial charge in [-0.05, 0) is 79.3 Å². The number of hydrogen-bond acceptors (Lipinski definition) is 5. The van der Waals surface area contributed by atoms with Crippen LogP contribution in [0.3, 0.4) is 0 Å². The Morgan fingerprint density at radius 1 is 1.18 bits per heavy atom. The average Bonchev–Trinajstić information content (AvgIpc) is 3.49. The predicted octanol–water partition coefficient (Wildman–Crippen LogP) is 0.238. The third-order valence-electron chi connectivity index (χ3n) is 6.57. The third-order valence-corrected chi connectivity index (χ3v) is 7.97. The molecule has 1 aromatic heterocycles. The van der Waals surface area contributed by atoms with Crippen molar-refractivity contribution in [2.45, 2.75) is 57.4 Å². The van der Waals surface area contributed by atoms with Gasteiger partial charge in [-0.25, -0.2) is 8.42 Å². The van der Waals surface area contributed by atoms with Crippen LogP contribution in [0.2, 0.25) is 0 Å². The van der Waals surface area contributed by atoms with Gasteiger partial charge < -0.3 is 14.8 Å². The van der Waals surface area contributed by atoms with E-state index in [-0.39, 0.29) is 36.2 Å². The number of aryl methyl sites for hydroxylation is 3. The number of hydrogen-bond donors (Lipinski definition) is 1. The molecule has 1 unspecified atom stereocenters. The molecule has 0 saturated carbocycles. The number of amides is 2. The van der Waals surface area contributed by atoms with E-state index >= 15 is 0 Å². The van der Waals surface area contributed by atoms with Crippen LogP contribution in [-0.4, -0.2) is 43.5 Å². The van der Waals surface area contributed by atoms with E-state index in [1.54, 1.807) is 13.2 Å². The standard InChI is InChI=1S/C22H29N5O4S.Na/c1-26-13-18(12-23-26)27(17-7-4-10-31-14-17)32(29,30)25-22(28)24-21-19-8-2-5-15(19)11-16-6-3-9-20(16)21;/h11-13,17H,2-10,14H2,1H3,(H2,24,25,28);/q;+1/p-1. The van der Waals surface area contributed by atoms with Crippen LogP contribution >= 0.6 is 0 Å². The molecule has 11 heteroatoms. The fourth-order valence-corrected chi connectivity index (χ4v) is 6.46. The van der Waals surface area contributed by atoms with E-state index in [9.17, 15) is 13.2 Å². The molecule has 1 saturated heterocycles. The molecule has 172 valence electrons. The summed E-state index contributed by atoms with van der Waals surface area (Å²) in [5.41, 5.74) is 5.96. The molecule has 1 aromatic carbocycles.